The van der Waals surface area contributed by atoms with Gasteiger partial charge in [0.25, 0.3) is 0 Å². The molecule has 0 bridgehead atoms. The quantitative estimate of drug-likeness (QED) is 0.938. The lowest BCUT2D eigenvalue weighted by Crippen LogP contribution is -2.28. The van der Waals surface area contributed by atoms with Crippen molar-refractivity contribution in [2.45, 2.75) is 33.2 Å². The second-order valence-electron chi connectivity index (χ2n) is 5.91. The number of benzene rings is 1. The van der Waals surface area contributed by atoms with E-state index in [1.165, 1.54) is 0 Å². The lowest BCUT2D eigenvalue weighted by molar-refractivity contribution is -0.138. The molecule has 1 N–H and O–H groups in total. The Balaban J connectivity index is 2.52. The van der Waals surface area contributed by atoms with Gasteiger partial charge in [0, 0.05) is 5.56 Å². The highest BCUT2D eigenvalue weighted by Gasteiger charge is 2.32. The maximum Gasteiger partial charge on any atom is 0.305 e. The molecule has 0 aliphatic heterocycles. The molecule has 0 amide bonds. The number of tetrazole rings is 1. The van der Waals surface area contributed by atoms with Gasteiger partial charge in [-0.25, -0.2) is 4.68 Å². The molecule has 112 valence electrons. The van der Waals surface area contributed by atoms with Crippen LogP contribution in [0.2, 0.25) is 5.02 Å². The highest BCUT2D eigenvalue weighted by molar-refractivity contribution is 6.33. The lowest BCUT2D eigenvalue weighted by atomic mass is 9.84. The second-order valence-corrected chi connectivity index (χ2v) is 6.31. The number of hydrogen-bond acceptors (Lipinski definition) is 4. The van der Waals surface area contributed by atoms with Crippen LogP contribution in [0.25, 0.3) is 11.4 Å². The Kier molecular flexibility index (Phi) is 4.27. The molecule has 0 saturated heterocycles. The van der Waals surface area contributed by atoms with Gasteiger partial charge in [0.15, 0.2) is 5.82 Å². The number of rotatable bonds is 4. The smallest absolute Gasteiger partial charge is 0.305 e. The molecule has 1 aromatic heterocycles. The van der Waals surface area contributed by atoms with Crippen molar-refractivity contribution in [2.75, 3.05) is 0 Å². The highest BCUT2D eigenvalue weighted by Crippen LogP contribution is 2.36. The van der Waals surface area contributed by atoms with Gasteiger partial charge in [0.1, 0.15) is 0 Å². The monoisotopic (exact) mass is 308 g/mol. The van der Waals surface area contributed by atoms with E-state index in [-0.39, 0.29) is 17.9 Å². The summed E-state index contributed by atoms with van der Waals surface area (Å²) in [5, 5.41) is 21.4. The molecule has 0 aliphatic rings. The SMILES string of the molecule is CC(C)(C)C(CC(=O)O)n1nnnc1-c1ccccc1Cl. The van der Waals surface area contributed by atoms with Gasteiger partial charge in [0.2, 0.25) is 0 Å². The fourth-order valence-corrected chi connectivity index (χ4v) is 2.37. The molecular weight excluding hydrogens is 292 g/mol. The molecule has 21 heavy (non-hydrogen) atoms. The summed E-state index contributed by atoms with van der Waals surface area (Å²) in [6, 6.07) is 6.84. The first-order chi connectivity index (χ1) is 9.80. The topological polar surface area (TPSA) is 80.9 Å². The third kappa shape index (κ3) is 3.39. The Hall–Kier alpha value is -1.95. The average molecular weight is 309 g/mol. The fourth-order valence-electron chi connectivity index (χ4n) is 2.15. The van der Waals surface area contributed by atoms with Crippen LogP contribution < -0.4 is 0 Å². The predicted octanol–water partition coefficient (Wildman–Crippen LogP) is 3.06. The lowest BCUT2D eigenvalue weighted by Gasteiger charge is -2.29. The molecule has 0 saturated carbocycles. The van der Waals surface area contributed by atoms with E-state index in [0.717, 1.165) is 0 Å². The molecule has 0 aliphatic carbocycles. The summed E-state index contributed by atoms with van der Waals surface area (Å²) in [5.74, 6) is -0.419. The molecule has 1 atom stereocenters. The summed E-state index contributed by atoms with van der Waals surface area (Å²) in [6.07, 6.45) is -0.0635. The Morgan fingerprint density at radius 2 is 2.05 bits per heavy atom. The molecule has 1 unspecified atom stereocenters. The van der Waals surface area contributed by atoms with Crippen molar-refractivity contribution in [1.82, 2.24) is 20.2 Å². The van der Waals surface area contributed by atoms with Crippen molar-refractivity contribution in [1.29, 1.82) is 0 Å². The minimum atomic E-state index is -0.893. The Morgan fingerprint density at radius 3 is 2.62 bits per heavy atom. The maximum atomic E-state index is 11.2. The maximum absolute atomic E-state index is 11.2. The number of nitrogens with zero attached hydrogens (tertiary/aromatic N) is 4. The molecule has 7 heteroatoms. The van der Waals surface area contributed by atoms with Gasteiger partial charge in [-0.3, -0.25) is 4.79 Å². The van der Waals surface area contributed by atoms with E-state index in [1.54, 1.807) is 10.7 Å². The van der Waals surface area contributed by atoms with Crippen molar-refractivity contribution in [2.24, 2.45) is 5.41 Å². The first kappa shape index (κ1) is 15.4. The van der Waals surface area contributed by atoms with E-state index in [9.17, 15) is 4.79 Å². The van der Waals surface area contributed by atoms with Gasteiger partial charge < -0.3 is 5.11 Å². The Bertz CT molecular complexity index is 648. The van der Waals surface area contributed by atoms with Crippen molar-refractivity contribution in [3.63, 3.8) is 0 Å². The number of carboxylic acids is 1. The van der Waals surface area contributed by atoms with Crippen LogP contribution in [0.3, 0.4) is 0 Å². The third-order valence-electron chi connectivity index (χ3n) is 3.27. The molecule has 1 aromatic carbocycles. The summed E-state index contributed by atoms with van der Waals surface area (Å²) in [7, 11) is 0. The van der Waals surface area contributed by atoms with Crippen LogP contribution >= 0.6 is 11.6 Å². The van der Waals surface area contributed by atoms with Crippen molar-refractivity contribution >= 4 is 17.6 Å². The number of halogens is 1. The minimum Gasteiger partial charge on any atom is -0.481 e. The largest absolute Gasteiger partial charge is 0.481 e. The van der Waals surface area contributed by atoms with Gasteiger partial charge in [-0.1, -0.05) is 44.5 Å². The van der Waals surface area contributed by atoms with E-state index in [0.29, 0.717) is 16.4 Å². The molecule has 0 spiro atoms. The number of hydrogen-bond donors (Lipinski definition) is 1. The predicted molar refractivity (Wildman–Crippen MR) is 79.0 cm³/mol. The van der Waals surface area contributed by atoms with Crippen LogP contribution in [-0.2, 0) is 4.79 Å². The summed E-state index contributed by atoms with van der Waals surface area (Å²) < 4.78 is 1.55. The first-order valence-electron chi connectivity index (χ1n) is 6.55. The molecular formula is C14H17ClN4O2. The fraction of sp³-hybridized carbons (Fsp3) is 0.429. The summed E-state index contributed by atoms with van der Waals surface area (Å²) in [6.45, 7) is 5.87. The standard InChI is InChI=1S/C14H17ClN4O2/c1-14(2,3)11(8-12(20)21)19-13(16-17-18-19)9-6-4-5-7-10(9)15/h4-7,11H,8H2,1-3H3,(H,20,21). The van der Waals surface area contributed by atoms with E-state index < -0.39 is 5.97 Å². The van der Waals surface area contributed by atoms with Crippen LogP contribution in [0.1, 0.15) is 33.2 Å². The minimum absolute atomic E-state index is 0.0635. The average Bonchev–Trinajstić information content (AvgIpc) is 2.83. The summed E-state index contributed by atoms with van der Waals surface area (Å²) in [4.78, 5) is 11.2. The summed E-state index contributed by atoms with van der Waals surface area (Å²) in [5.41, 5.74) is 0.368. The van der Waals surface area contributed by atoms with E-state index in [4.69, 9.17) is 16.7 Å². The van der Waals surface area contributed by atoms with Crippen molar-refractivity contribution < 1.29 is 9.90 Å². The molecule has 0 fully saturated rings. The van der Waals surface area contributed by atoms with Crippen LogP contribution in [0.5, 0.6) is 0 Å². The molecule has 2 aromatic rings. The van der Waals surface area contributed by atoms with Crippen molar-refractivity contribution in [3.8, 4) is 11.4 Å². The second kappa shape index (κ2) is 5.81. The van der Waals surface area contributed by atoms with Crippen molar-refractivity contribution in [3.05, 3.63) is 29.3 Å². The molecule has 2 rings (SSSR count). The number of aliphatic carboxylic acids is 1. The highest BCUT2D eigenvalue weighted by atomic mass is 35.5. The van der Waals surface area contributed by atoms with Gasteiger partial charge >= 0.3 is 5.97 Å². The number of carboxylic acid groups (broad SMARTS) is 1. The van der Waals surface area contributed by atoms with Crippen LogP contribution in [0.4, 0.5) is 0 Å². The van der Waals surface area contributed by atoms with Gasteiger partial charge in [-0.2, -0.15) is 0 Å². The zero-order valence-electron chi connectivity index (χ0n) is 12.1. The molecule has 0 radical (unpaired) electrons. The first-order valence-corrected chi connectivity index (χ1v) is 6.93. The van der Waals surface area contributed by atoms with Gasteiger partial charge in [-0.05, 0) is 28.0 Å². The zero-order chi connectivity index (χ0) is 15.6. The van der Waals surface area contributed by atoms with E-state index >= 15 is 0 Å². The normalized spacial score (nSPS) is 13.1. The number of carbonyl (C=O) groups is 1. The van der Waals surface area contributed by atoms with Gasteiger partial charge in [-0.15, -0.1) is 5.10 Å². The van der Waals surface area contributed by atoms with Crippen LogP contribution in [-0.4, -0.2) is 31.3 Å². The summed E-state index contributed by atoms with van der Waals surface area (Å²) >= 11 is 6.19. The number of aromatic nitrogens is 4. The van der Waals surface area contributed by atoms with E-state index in [2.05, 4.69) is 15.5 Å². The molecule has 6 nitrogen and oxygen atoms in total. The third-order valence-corrected chi connectivity index (χ3v) is 3.60. The Morgan fingerprint density at radius 1 is 1.38 bits per heavy atom. The van der Waals surface area contributed by atoms with Crippen LogP contribution in [0, 0.1) is 5.41 Å². The van der Waals surface area contributed by atoms with E-state index in [1.807, 2.05) is 39.0 Å². The zero-order valence-corrected chi connectivity index (χ0v) is 12.9. The van der Waals surface area contributed by atoms with Crippen LogP contribution in [0.15, 0.2) is 24.3 Å². The molecule has 1 heterocycles. The Labute approximate surface area is 127 Å². The van der Waals surface area contributed by atoms with Gasteiger partial charge in [0.05, 0.1) is 17.5 Å².